The van der Waals surface area contributed by atoms with Crippen LogP contribution in [-0.2, 0) is 9.47 Å². The van der Waals surface area contributed by atoms with Crippen LogP contribution < -0.4 is 0 Å². The van der Waals surface area contributed by atoms with E-state index < -0.39 is 5.79 Å². The van der Waals surface area contributed by atoms with Crippen LogP contribution in [0.15, 0.2) is 0 Å². The molecule has 19 heavy (non-hydrogen) atoms. The van der Waals surface area contributed by atoms with Crippen LogP contribution in [0, 0.1) is 5.92 Å². The Morgan fingerprint density at radius 1 is 0.737 bits per heavy atom. The largest absolute Gasteiger partial charge is 0.350 e. The smallest absolute Gasteiger partial charge is 0.167 e. The normalized spacial score (nSPS) is 12.3. The minimum atomic E-state index is -0.404. The van der Waals surface area contributed by atoms with Crippen molar-refractivity contribution in [1.82, 2.24) is 0 Å². The van der Waals surface area contributed by atoms with Crippen molar-refractivity contribution < 1.29 is 9.47 Å². The van der Waals surface area contributed by atoms with Crippen molar-refractivity contribution >= 4 is 0 Å². The van der Waals surface area contributed by atoms with Gasteiger partial charge in [-0.3, -0.25) is 0 Å². The van der Waals surface area contributed by atoms with Crippen LogP contribution in [-0.4, -0.2) is 19.0 Å². The molecule has 0 aromatic carbocycles. The first-order valence-corrected chi connectivity index (χ1v) is 8.34. The average molecular weight is 272 g/mol. The number of rotatable bonds is 13. The predicted molar refractivity (Wildman–Crippen MR) is 83.4 cm³/mol. The molecule has 0 unspecified atom stereocenters. The second kappa shape index (κ2) is 11.7. The van der Waals surface area contributed by atoms with Gasteiger partial charge in [-0.2, -0.15) is 0 Å². The summed E-state index contributed by atoms with van der Waals surface area (Å²) in [6.07, 6.45) is 9.98. The van der Waals surface area contributed by atoms with Gasteiger partial charge in [0.2, 0.25) is 0 Å². The molecule has 0 bridgehead atoms. The van der Waals surface area contributed by atoms with Crippen molar-refractivity contribution in [1.29, 1.82) is 0 Å². The Morgan fingerprint density at radius 2 is 1.16 bits per heavy atom. The Kier molecular flexibility index (Phi) is 11.7. The summed E-state index contributed by atoms with van der Waals surface area (Å²) in [7, 11) is 0. The Labute approximate surface area is 121 Å². The van der Waals surface area contributed by atoms with Gasteiger partial charge in [0.1, 0.15) is 0 Å². The monoisotopic (exact) mass is 272 g/mol. The molecular weight excluding hydrogens is 236 g/mol. The Bertz CT molecular complexity index is 176. The zero-order valence-corrected chi connectivity index (χ0v) is 14.0. The summed E-state index contributed by atoms with van der Waals surface area (Å²) in [4.78, 5) is 0. The van der Waals surface area contributed by atoms with Gasteiger partial charge < -0.3 is 9.47 Å². The van der Waals surface area contributed by atoms with E-state index in [0.29, 0.717) is 5.92 Å². The Balaban J connectivity index is 3.84. The number of hydrogen-bond acceptors (Lipinski definition) is 2. The van der Waals surface area contributed by atoms with Crippen molar-refractivity contribution in [3.63, 3.8) is 0 Å². The highest BCUT2D eigenvalue weighted by atomic mass is 16.7. The first-order valence-electron chi connectivity index (χ1n) is 8.34. The molecule has 2 heteroatoms. The molecule has 2 nitrogen and oxygen atoms in total. The number of hydrogen-bond donors (Lipinski definition) is 0. The van der Waals surface area contributed by atoms with Crippen LogP contribution in [0.1, 0.15) is 86.0 Å². The standard InChI is InChI=1S/C17H36O2/c1-6-8-10-12-14-18-17(5,16(3)4)19-15-13-11-9-7-2/h16H,6-15H2,1-5H3. The summed E-state index contributed by atoms with van der Waals surface area (Å²) in [6.45, 7) is 12.6. The molecule has 0 amide bonds. The van der Waals surface area contributed by atoms with Gasteiger partial charge >= 0.3 is 0 Å². The van der Waals surface area contributed by atoms with Gasteiger partial charge in [-0.25, -0.2) is 0 Å². The van der Waals surface area contributed by atoms with Crippen molar-refractivity contribution in [3.05, 3.63) is 0 Å². The molecule has 0 rings (SSSR count). The lowest BCUT2D eigenvalue weighted by molar-refractivity contribution is -0.250. The fraction of sp³-hybridized carbons (Fsp3) is 1.00. The summed E-state index contributed by atoms with van der Waals surface area (Å²) in [5, 5.41) is 0. The fourth-order valence-corrected chi connectivity index (χ4v) is 1.98. The second-order valence-corrected chi connectivity index (χ2v) is 5.99. The molecule has 0 fully saturated rings. The minimum Gasteiger partial charge on any atom is -0.350 e. The van der Waals surface area contributed by atoms with E-state index in [2.05, 4.69) is 34.6 Å². The summed E-state index contributed by atoms with van der Waals surface area (Å²) in [5.74, 6) is -0.0110. The van der Waals surface area contributed by atoms with Crippen LogP contribution in [0.3, 0.4) is 0 Å². The van der Waals surface area contributed by atoms with Crippen LogP contribution in [0.4, 0.5) is 0 Å². The van der Waals surface area contributed by atoms with Crippen molar-refractivity contribution in [3.8, 4) is 0 Å². The third kappa shape index (κ3) is 9.45. The van der Waals surface area contributed by atoms with E-state index in [1.54, 1.807) is 0 Å². The van der Waals surface area contributed by atoms with Crippen molar-refractivity contribution in [2.45, 2.75) is 91.8 Å². The lowest BCUT2D eigenvalue weighted by Crippen LogP contribution is -2.38. The lowest BCUT2D eigenvalue weighted by atomic mass is 10.0. The van der Waals surface area contributed by atoms with E-state index in [1.165, 1.54) is 38.5 Å². The maximum Gasteiger partial charge on any atom is 0.167 e. The summed E-state index contributed by atoms with van der Waals surface area (Å²) in [6, 6.07) is 0. The van der Waals surface area contributed by atoms with Gasteiger partial charge in [0.05, 0.1) is 13.2 Å². The van der Waals surface area contributed by atoms with Gasteiger partial charge in [0.15, 0.2) is 5.79 Å². The molecule has 0 N–H and O–H groups in total. The van der Waals surface area contributed by atoms with Crippen molar-refractivity contribution in [2.24, 2.45) is 5.92 Å². The molecule has 116 valence electrons. The minimum absolute atomic E-state index is 0.393. The highest BCUT2D eigenvalue weighted by Crippen LogP contribution is 2.24. The van der Waals surface area contributed by atoms with Gasteiger partial charge in [0.25, 0.3) is 0 Å². The Morgan fingerprint density at radius 3 is 1.47 bits per heavy atom. The molecule has 0 saturated heterocycles. The lowest BCUT2D eigenvalue weighted by Gasteiger charge is -2.34. The molecule has 0 aromatic rings. The van der Waals surface area contributed by atoms with Gasteiger partial charge in [0, 0.05) is 5.92 Å². The topological polar surface area (TPSA) is 18.5 Å². The first-order chi connectivity index (χ1) is 9.06. The van der Waals surface area contributed by atoms with Crippen LogP contribution in [0.25, 0.3) is 0 Å². The number of unbranched alkanes of at least 4 members (excludes halogenated alkanes) is 6. The maximum absolute atomic E-state index is 6.02. The molecule has 0 radical (unpaired) electrons. The van der Waals surface area contributed by atoms with E-state index in [1.807, 2.05) is 0 Å². The molecule has 0 saturated carbocycles. The van der Waals surface area contributed by atoms with E-state index in [4.69, 9.17) is 9.47 Å². The summed E-state index contributed by atoms with van der Waals surface area (Å²) >= 11 is 0. The van der Waals surface area contributed by atoms with E-state index >= 15 is 0 Å². The van der Waals surface area contributed by atoms with Gasteiger partial charge in [-0.05, 0) is 19.8 Å². The van der Waals surface area contributed by atoms with Crippen molar-refractivity contribution in [2.75, 3.05) is 13.2 Å². The van der Waals surface area contributed by atoms with E-state index in [0.717, 1.165) is 26.1 Å². The summed E-state index contributed by atoms with van der Waals surface area (Å²) in [5.41, 5.74) is 0. The molecule has 0 heterocycles. The third-order valence-electron chi connectivity index (χ3n) is 3.82. The zero-order chi connectivity index (χ0) is 14.6. The van der Waals surface area contributed by atoms with Crippen LogP contribution >= 0.6 is 0 Å². The molecule has 0 aliphatic rings. The molecule has 0 spiro atoms. The van der Waals surface area contributed by atoms with Crippen LogP contribution in [0.2, 0.25) is 0 Å². The highest BCUT2D eigenvalue weighted by molar-refractivity contribution is 4.68. The van der Waals surface area contributed by atoms with Gasteiger partial charge in [-0.15, -0.1) is 0 Å². The highest BCUT2D eigenvalue weighted by Gasteiger charge is 2.29. The first kappa shape index (κ1) is 18.9. The number of ether oxygens (including phenoxy) is 2. The van der Waals surface area contributed by atoms with E-state index in [-0.39, 0.29) is 0 Å². The third-order valence-corrected chi connectivity index (χ3v) is 3.82. The summed E-state index contributed by atoms with van der Waals surface area (Å²) < 4.78 is 12.0. The zero-order valence-electron chi connectivity index (χ0n) is 14.0. The molecule has 0 aliphatic heterocycles. The Hall–Kier alpha value is -0.0800. The fourth-order valence-electron chi connectivity index (χ4n) is 1.98. The maximum atomic E-state index is 6.02. The quantitative estimate of drug-likeness (QED) is 0.323. The average Bonchev–Trinajstić information content (AvgIpc) is 2.38. The molecule has 0 aromatic heterocycles. The molecular formula is C17H36O2. The predicted octanol–water partition coefficient (Wildman–Crippen LogP) is 5.55. The second-order valence-electron chi connectivity index (χ2n) is 5.99. The van der Waals surface area contributed by atoms with E-state index in [9.17, 15) is 0 Å². The molecule has 0 atom stereocenters. The van der Waals surface area contributed by atoms with Gasteiger partial charge in [-0.1, -0.05) is 66.2 Å². The SMILES string of the molecule is CCCCCCOC(C)(OCCCCCC)C(C)C. The van der Waals surface area contributed by atoms with Crippen LogP contribution in [0.5, 0.6) is 0 Å². The molecule has 0 aliphatic carbocycles.